The minimum Gasteiger partial charge on any atom is -0.486 e. The number of hydrogen-bond acceptors (Lipinski definition) is 5. The number of nitrogens with zero attached hydrogens (tertiary/aromatic N) is 3. The summed E-state index contributed by atoms with van der Waals surface area (Å²) in [5.41, 5.74) is 4.53. The third-order valence-corrected chi connectivity index (χ3v) is 5.08. The fourth-order valence-electron chi connectivity index (χ4n) is 2.48. The molecule has 0 aliphatic heterocycles. The number of amides is 1. The number of aromatic nitrogens is 1. The molecule has 0 radical (unpaired) electrons. The van der Waals surface area contributed by atoms with E-state index in [1.54, 1.807) is 36.4 Å². The van der Waals surface area contributed by atoms with Crippen molar-refractivity contribution >= 4 is 51.3 Å². The highest BCUT2D eigenvalue weighted by Gasteiger charge is 2.12. The molecule has 3 aromatic rings. The zero-order valence-electron chi connectivity index (χ0n) is 15.3. The van der Waals surface area contributed by atoms with Crippen LogP contribution in [0.3, 0.4) is 0 Å². The molecule has 0 atom stereocenters. The maximum Gasteiger partial charge on any atom is 0.274 e. The molecule has 0 saturated heterocycles. The number of hydrogen-bond donors (Lipinski definition) is 1. The van der Waals surface area contributed by atoms with E-state index in [1.807, 2.05) is 12.1 Å². The highest BCUT2D eigenvalue weighted by molar-refractivity contribution is 9.10. The maximum absolute atomic E-state index is 12.1. The first kappa shape index (κ1) is 21.8. The molecule has 1 aromatic heterocycles. The fourth-order valence-corrected chi connectivity index (χ4v) is 3.67. The second-order valence-corrected chi connectivity index (χ2v) is 7.53. The molecule has 0 saturated carbocycles. The Kier molecular flexibility index (Phi) is 7.41. The summed E-state index contributed by atoms with van der Waals surface area (Å²) < 4.78 is 6.40. The molecule has 1 amide bonds. The summed E-state index contributed by atoms with van der Waals surface area (Å²) in [6, 6.07) is 15.8. The number of pyridine rings is 1. The van der Waals surface area contributed by atoms with Crippen molar-refractivity contribution in [3.05, 3.63) is 91.6 Å². The molecular formula is C21H13BrCl2N4O2. The van der Waals surface area contributed by atoms with Gasteiger partial charge in [0, 0.05) is 11.8 Å². The Morgan fingerprint density at radius 1 is 1.27 bits per heavy atom. The van der Waals surface area contributed by atoms with Gasteiger partial charge in [-0.1, -0.05) is 41.4 Å². The van der Waals surface area contributed by atoms with Crippen molar-refractivity contribution in [1.82, 2.24) is 10.4 Å². The third kappa shape index (κ3) is 5.36. The van der Waals surface area contributed by atoms with E-state index >= 15 is 0 Å². The Morgan fingerprint density at radius 3 is 2.80 bits per heavy atom. The van der Waals surface area contributed by atoms with Crippen molar-refractivity contribution < 1.29 is 9.53 Å². The van der Waals surface area contributed by atoms with Crippen molar-refractivity contribution in [3.63, 3.8) is 0 Å². The molecule has 30 heavy (non-hydrogen) atoms. The van der Waals surface area contributed by atoms with Gasteiger partial charge in [0.25, 0.3) is 5.91 Å². The molecule has 6 nitrogen and oxygen atoms in total. The summed E-state index contributed by atoms with van der Waals surface area (Å²) in [6.07, 6.45) is 2.93. The lowest BCUT2D eigenvalue weighted by atomic mass is 10.1. The first-order valence-corrected chi connectivity index (χ1v) is 10.1. The molecule has 1 heterocycles. The average molecular weight is 504 g/mol. The number of ether oxygens (including phenoxy) is 1. The van der Waals surface area contributed by atoms with Gasteiger partial charge < -0.3 is 4.74 Å². The highest BCUT2D eigenvalue weighted by Crippen LogP contribution is 2.34. The molecule has 0 aliphatic rings. The van der Waals surface area contributed by atoms with Crippen LogP contribution in [-0.2, 0) is 6.61 Å². The molecule has 0 bridgehead atoms. The monoisotopic (exact) mass is 502 g/mol. The highest BCUT2D eigenvalue weighted by atomic mass is 79.9. The van der Waals surface area contributed by atoms with Crippen molar-refractivity contribution in [2.75, 3.05) is 0 Å². The summed E-state index contributed by atoms with van der Waals surface area (Å²) in [6.45, 7) is 0.192. The second-order valence-electron chi connectivity index (χ2n) is 5.91. The number of nitriles is 1. The van der Waals surface area contributed by atoms with E-state index in [0.717, 1.165) is 5.56 Å². The number of hydrazone groups is 1. The Morgan fingerprint density at radius 2 is 2.07 bits per heavy atom. The normalized spacial score (nSPS) is 10.6. The van der Waals surface area contributed by atoms with Crippen LogP contribution >= 0.6 is 39.1 Å². The zero-order valence-corrected chi connectivity index (χ0v) is 18.4. The molecule has 0 spiro atoms. The Bertz CT molecular complexity index is 1140. The molecule has 3 rings (SSSR count). The molecule has 2 aromatic carbocycles. The third-order valence-electron chi connectivity index (χ3n) is 3.91. The zero-order chi connectivity index (χ0) is 21.5. The lowest BCUT2D eigenvalue weighted by molar-refractivity contribution is 0.0955. The largest absolute Gasteiger partial charge is 0.486 e. The molecule has 0 unspecified atom stereocenters. The Hall–Kier alpha value is -2.92. The van der Waals surface area contributed by atoms with Gasteiger partial charge in [-0.3, -0.25) is 4.79 Å². The second kappa shape index (κ2) is 10.2. The summed E-state index contributed by atoms with van der Waals surface area (Å²) in [5, 5.41) is 13.5. The van der Waals surface area contributed by atoms with Gasteiger partial charge in [0.05, 0.1) is 32.9 Å². The molecular weight excluding hydrogens is 491 g/mol. The van der Waals surface area contributed by atoms with E-state index in [9.17, 15) is 10.1 Å². The van der Waals surface area contributed by atoms with Crippen LogP contribution in [0.25, 0.3) is 0 Å². The first-order valence-electron chi connectivity index (χ1n) is 8.53. The molecule has 9 heteroatoms. The van der Waals surface area contributed by atoms with Crippen LogP contribution in [0.2, 0.25) is 10.2 Å². The van der Waals surface area contributed by atoms with E-state index in [1.165, 1.54) is 12.4 Å². The van der Waals surface area contributed by atoms with Crippen LogP contribution in [0.5, 0.6) is 5.75 Å². The smallest absolute Gasteiger partial charge is 0.274 e. The summed E-state index contributed by atoms with van der Waals surface area (Å²) in [5.74, 6) is -0.0432. The van der Waals surface area contributed by atoms with E-state index in [2.05, 4.69) is 37.5 Å². The van der Waals surface area contributed by atoms with Crippen LogP contribution in [0.15, 0.2) is 64.3 Å². The average Bonchev–Trinajstić information content (AvgIpc) is 2.73. The molecule has 150 valence electrons. The Labute approximate surface area is 191 Å². The van der Waals surface area contributed by atoms with Crippen LogP contribution in [-0.4, -0.2) is 17.1 Å². The van der Waals surface area contributed by atoms with Crippen molar-refractivity contribution in [2.24, 2.45) is 5.10 Å². The summed E-state index contributed by atoms with van der Waals surface area (Å²) in [7, 11) is 0. The number of carbonyl (C=O) groups excluding carboxylic acids is 1. The molecule has 1 N–H and O–H groups in total. The van der Waals surface area contributed by atoms with Crippen molar-refractivity contribution in [3.8, 4) is 11.8 Å². The summed E-state index contributed by atoms with van der Waals surface area (Å²) in [4.78, 5) is 15.9. The minimum atomic E-state index is -0.481. The topological polar surface area (TPSA) is 87.4 Å². The quantitative estimate of drug-likeness (QED) is 0.278. The number of rotatable bonds is 6. The van der Waals surface area contributed by atoms with Crippen LogP contribution < -0.4 is 10.2 Å². The summed E-state index contributed by atoms with van der Waals surface area (Å²) >= 11 is 15.7. The lowest BCUT2D eigenvalue weighted by Crippen LogP contribution is -2.18. The van der Waals surface area contributed by atoms with Gasteiger partial charge in [-0.05, 0) is 51.8 Å². The van der Waals surface area contributed by atoms with E-state index in [0.29, 0.717) is 26.4 Å². The standard InChI is InChI=1S/C21H13BrCl2N4O2/c22-17-8-13(11-27-28-21(29)16-6-3-7-26-20(16)24)9-18(23)19(17)30-12-15-5-2-1-4-14(15)10-25/h1-9,11H,12H2,(H,28,29). The number of nitrogens with one attached hydrogen (secondary N) is 1. The van der Waals surface area contributed by atoms with Gasteiger partial charge in [0.2, 0.25) is 0 Å². The maximum atomic E-state index is 12.1. The van der Waals surface area contributed by atoms with E-state index < -0.39 is 5.91 Å². The first-order chi connectivity index (χ1) is 14.5. The van der Waals surface area contributed by atoms with Crippen LogP contribution in [0.1, 0.15) is 27.0 Å². The lowest BCUT2D eigenvalue weighted by Gasteiger charge is -2.12. The van der Waals surface area contributed by atoms with Gasteiger partial charge in [-0.15, -0.1) is 0 Å². The number of benzene rings is 2. The molecule has 0 aliphatic carbocycles. The molecule has 0 fully saturated rings. The van der Waals surface area contributed by atoms with Crippen LogP contribution in [0.4, 0.5) is 0 Å². The Balaban J connectivity index is 1.68. The van der Waals surface area contributed by atoms with Gasteiger partial charge in [-0.25, -0.2) is 10.4 Å². The van der Waals surface area contributed by atoms with Gasteiger partial charge in [0.1, 0.15) is 11.8 Å². The van der Waals surface area contributed by atoms with Gasteiger partial charge in [0.15, 0.2) is 5.75 Å². The number of carbonyl (C=O) groups is 1. The number of halogens is 3. The van der Waals surface area contributed by atoms with Gasteiger partial charge in [-0.2, -0.15) is 10.4 Å². The minimum absolute atomic E-state index is 0.0930. The van der Waals surface area contributed by atoms with E-state index in [4.69, 9.17) is 27.9 Å². The predicted octanol–water partition coefficient (Wildman–Crippen LogP) is 5.37. The van der Waals surface area contributed by atoms with Crippen LogP contribution in [0, 0.1) is 11.3 Å². The predicted molar refractivity (Wildman–Crippen MR) is 119 cm³/mol. The van der Waals surface area contributed by atoms with Crippen molar-refractivity contribution in [2.45, 2.75) is 6.61 Å². The fraction of sp³-hybridized carbons (Fsp3) is 0.0476. The van der Waals surface area contributed by atoms with E-state index in [-0.39, 0.29) is 17.3 Å². The van der Waals surface area contributed by atoms with Gasteiger partial charge >= 0.3 is 0 Å². The SMILES string of the molecule is N#Cc1ccccc1COc1c(Cl)cc(C=NNC(=O)c2cccnc2Cl)cc1Br. The van der Waals surface area contributed by atoms with Crippen molar-refractivity contribution in [1.29, 1.82) is 5.26 Å².